The Balaban J connectivity index is 1.84. The van der Waals surface area contributed by atoms with Gasteiger partial charge in [-0.15, -0.1) is 11.3 Å². The summed E-state index contributed by atoms with van der Waals surface area (Å²) in [6.45, 7) is 4.02. The van der Waals surface area contributed by atoms with Crippen molar-refractivity contribution in [2.45, 2.75) is 13.8 Å². The van der Waals surface area contributed by atoms with E-state index in [9.17, 15) is 14.9 Å². The van der Waals surface area contributed by atoms with Crippen molar-refractivity contribution < 1.29 is 9.72 Å². The maximum absolute atomic E-state index is 12.4. The van der Waals surface area contributed by atoms with E-state index < -0.39 is 10.8 Å². The molecular formula is C18H14ClN3O3S. The van der Waals surface area contributed by atoms with Crippen LogP contribution in [0.5, 0.6) is 0 Å². The van der Waals surface area contributed by atoms with Gasteiger partial charge in [0.2, 0.25) is 0 Å². The number of anilines is 1. The zero-order valence-corrected chi connectivity index (χ0v) is 15.5. The number of aryl methyl sites for hydroxylation is 2. The first-order chi connectivity index (χ1) is 12.3. The predicted octanol–water partition coefficient (Wildman–Crippen LogP) is 5.24. The van der Waals surface area contributed by atoms with E-state index in [1.165, 1.54) is 23.5 Å². The highest BCUT2D eigenvalue weighted by Crippen LogP contribution is 2.29. The minimum absolute atomic E-state index is 0.0316. The molecule has 0 atom stereocenters. The third-order valence-corrected chi connectivity index (χ3v) is 4.88. The maximum atomic E-state index is 12.4. The van der Waals surface area contributed by atoms with Crippen LogP contribution >= 0.6 is 22.9 Å². The normalized spacial score (nSPS) is 10.6. The Hall–Kier alpha value is -2.77. The molecular weight excluding hydrogens is 374 g/mol. The van der Waals surface area contributed by atoms with E-state index in [0.29, 0.717) is 5.13 Å². The molecule has 0 aliphatic rings. The minimum Gasteiger partial charge on any atom is -0.298 e. The lowest BCUT2D eigenvalue weighted by Gasteiger charge is -2.05. The molecule has 6 nitrogen and oxygen atoms in total. The number of nitro benzene ring substituents is 1. The second kappa shape index (κ2) is 7.23. The Labute approximate surface area is 158 Å². The summed E-state index contributed by atoms with van der Waals surface area (Å²) in [7, 11) is 0. The number of halogens is 1. The molecule has 0 aliphatic heterocycles. The topological polar surface area (TPSA) is 85.1 Å². The molecule has 0 unspecified atom stereocenters. The fourth-order valence-electron chi connectivity index (χ4n) is 2.52. The SMILES string of the molecule is Cc1ccc(-c2csc(NC(=O)c3cc([N+](=O)[O-])ccc3Cl)n2)c(C)c1. The van der Waals surface area contributed by atoms with E-state index >= 15 is 0 Å². The molecule has 132 valence electrons. The van der Waals surface area contributed by atoms with Crippen LogP contribution < -0.4 is 5.32 Å². The number of non-ortho nitro benzene ring substituents is 1. The quantitative estimate of drug-likeness (QED) is 0.490. The Bertz CT molecular complexity index is 1020. The lowest BCUT2D eigenvalue weighted by Crippen LogP contribution is -2.12. The number of nitro groups is 1. The lowest BCUT2D eigenvalue weighted by molar-refractivity contribution is -0.384. The van der Waals surface area contributed by atoms with Gasteiger partial charge in [-0.1, -0.05) is 35.4 Å². The van der Waals surface area contributed by atoms with Crippen molar-refractivity contribution in [3.8, 4) is 11.3 Å². The number of thiazole rings is 1. The number of nitrogens with one attached hydrogen (secondary N) is 1. The third-order valence-electron chi connectivity index (χ3n) is 3.79. The molecule has 1 heterocycles. The zero-order valence-electron chi connectivity index (χ0n) is 13.9. The summed E-state index contributed by atoms with van der Waals surface area (Å²) in [5.41, 5.74) is 3.83. The minimum atomic E-state index is -0.575. The van der Waals surface area contributed by atoms with Gasteiger partial charge in [0.1, 0.15) is 0 Å². The van der Waals surface area contributed by atoms with E-state index in [0.717, 1.165) is 28.5 Å². The summed E-state index contributed by atoms with van der Waals surface area (Å²) in [6.07, 6.45) is 0. The van der Waals surface area contributed by atoms with Gasteiger partial charge in [-0.3, -0.25) is 20.2 Å². The van der Waals surface area contributed by atoms with Crippen molar-refractivity contribution in [2.24, 2.45) is 0 Å². The Kier molecular flexibility index (Phi) is 5.01. The number of amides is 1. The van der Waals surface area contributed by atoms with Gasteiger partial charge in [0.25, 0.3) is 11.6 Å². The van der Waals surface area contributed by atoms with Crippen LogP contribution in [0.3, 0.4) is 0 Å². The molecule has 3 rings (SSSR count). The smallest absolute Gasteiger partial charge is 0.270 e. The van der Waals surface area contributed by atoms with Gasteiger partial charge in [0.15, 0.2) is 5.13 Å². The molecule has 0 bridgehead atoms. The molecule has 0 saturated carbocycles. The summed E-state index contributed by atoms with van der Waals surface area (Å²) >= 11 is 7.27. The van der Waals surface area contributed by atoms with Gasteiger partial charge < -0.3 is 0 Å². The predicted molar refractivity (Wildman–Crippen MR) is 103 cm³/mol. The van der Waals surface area contributed by atoms with Gasteiger partial charge in [-0.05, 0) is 25.5 Å². The molecule has 26 heavy (non-hydrogen) atoms. The summed E-state index contributed by atoms with van der Waals surface area (Å²) in [5, 5.41) is 15.9. The molecule has 1 N–H and O–H groups in total. The average Bonchev–Trinajstić information content (AvgIpc) is 3.03. The number of carbonyl (C=O) groups excluding carboxylic acids is 1. The lowest BCUT2D eigenvalue weighted by atomic mass is 10.0. The molecule has 0 saturated heterocycles. The largest absolute Gasteiger partial charge is 0.298 e. The summed E-state index contributed by atoms with van der Waals surface area (Å²) in [6, 6.07) is 9.79. The second-order valence-corrected chi connectivity index (χ2v) is 7.00. The fourth-order valence-corrected chi connectivity index (χ4v) is 3.43. The second-order valence-electron chi connectivity index (χ2n) is 5.73. The van der Waals surface area contributed by atoms with E-state index in [2.05, 4.69) is 16.4 Å². The number of carbonyl (C=O) groups is 1. The number of benzene rings is 2. The highest BCUT2D eigenvalue weighted by Gasteiger charge is 2.17. The first kappa shape index (κ1) is 18.0. The number of nitrogens with zero attached hydrogens (tertiary/aromatic N) is 2. The third kappa shape index (κ3) is 3.74. The van der Waals surface area contributed by atoms with Crippen molar-refractivity contribution >= 4 is 39.7 Å². The van der Waals surface area contributed by atoms with Crippen LogP contribution in [-0.2, 0) is 0 Å². The van der Waals surface area contributed by atoms with Crippen molar-refractivity contribution in [1.82, 2.24) is 4.98 Å². The van der Waals surface area contributed by atoms with Gasteiger partial charge >= 0.3 is 0 Å². The highest BCUT2D eigenvalue weighted by molar-refractivity contribution is 7.14. The fraction of sp³-hybridized carbons (Fsp3) is 0.111. The molecule has 0 spiro atoms. The van der Waals surface area contributed by atoms with Crippen LogP contribution in [0.2, 0.25) is 5.02 Å². The van der Waals surface area contributed by atoms with Crippen LogP contribution in [-0.4, -0.2) is 15.8 Å². The van der Waals surface area contributed by atoms with Crippen LogP contribution in [0.1, 0.15) is 21.5 Å². The molecule has 0 fully saturated rings. The van der Waals surface area contributed by atoms with Crippen molar-refractivity contribution in [1.29, 1.82) is 0 Å². The highest BCUT2D eigenvalue weighted by atomic mass is 35.5. The van der Waals surface area contributed by atoms with Crippen LogP contribution in [0.15, 0.2) is 41.8 Å². The maximum Gasteiger partial charge on any atom is 0.270 e. The Morgan fingerprint density at radius 3 is 2.69 bits per heavy atom. The van der Waals surface area contributed by atoms with Crippen LogP contribution in [0.4, 0.5) is 10.8 Å². The molecule has 2 aromatic carbocycles. The molecule has 0 radical (unpaired) electrons. The molecule has 0 aliphatic carbocycles. The number of aromatic nitrogens is 1. The zero-order chi connectivity index (χ0) is 18.8. The number of rotatable bonds is 4. The number of hydrogen-bond acceptors (Lipinski definition) is 5. The molecule has 1 amide bonds. The van der Waals surface area contributed by atoms with Gasteiger partial charge in [0, 0.05) is 23.1 Å². The summed E-state index contributed by atoms with van der Waals surface area (Å²) in [5.74, 6) is -0.541. The number of hydrogen-bond donors (Lipinski definition) is 1. The van der Waals surface area contributed by atoms with Gasteiger partial charge in [-0.2, -0.15) is 0 Å². The standard InChI is InChI=1S/C18H14ClN3O3S/c1-10-3-5-13(11(2)7-10)16-9-26-18(20-16)21-17(23)14-8-12(22(24)25)4-6-15(14)19/h3-9H,1-2H3,(H,20,21,23). The van der Waals surface area contributed by atoms with E-state index in [-0.39, 0.29) is 16.3 Å². The Morgan fingerprint density at radius 1 is 1.23 bits per heavy atom. The van der Waals surface area contributed by atoms with E-state index in [4.69, 9.17) is 11.6 Å². The summed E-state index contributed by atoms with van der Waals surface area (Å²) in [4.78, 5) is 27.2. The summed E-state index contributed by atoms with van der Waals surface area (Å²) < 4.78 is 0. The molecule has 3 aromatic rings. The van der Waals surface area contributed by atoms with Crippen molar-refractivity contribution in [2.75, 3.05) is 5.32 Å². The Morgan fingerprint density at radius 2 is 2.00 bits per heavy atom. The first-order valence-corrected chi connectivity index (χ1v) is 8.89. The van der Waals surface area contributed by atoms with Crippen LogP contribution in [0, 0.1) is 24.0 Å². The van der Waals surface area contributed by atoms with Crippen LogP contribution in [0.25, 0.3) is 11.3 Å². The first-order valence-electron chi connectivity index (χ1n) is 7.63. The van der Waals surface area contributed by atoms with Crippen molar-refractivity contribution in [3.05, 3.63) is 73.6 Å². The van der Waals surface area contributed by atoms with Gasteiger partial charge in [0.05, 0.1) is 21.2 Å². The van der Waals surface area contributed by atoms with E-state index in [1.54, 1.807) is 0 Å². The van der Waals surface area contributed by atoms with Gasteiger partial charge in [-0.25, -0.2) is 4.98 Å². The van der Waals surface area contributed by atoms with Crippen molar-refractivity contribution in [3.63, 3.8) is 0 Å². The average molecular weight is 388 g/mol. The molecule has 8 heteroatoms. The monoisotopic (exact) mass is 387 g/mol. The molecule has 1 aromatic heterocycles. The van der Waals surface area contributed by atoms with E-state index in [1.807, 2.05) is 31.4 Å².